The fourth-order valence-corrected chi connectivity index (χ4v) is 4.39. The predicted octanol–water partition coefficient (Wildman–Crippen LogP) is 5.15. The first-order chi connectivity index (χ1) is 13.7. The average Bonchev–Trinajstić information content (AvgIpc) is 3.32. The molecule has 2 heterocycles. The van der Waals surface area contributed by atoms with Gasteiger partial charge in [-0.05, 0) is 49.6 Å². The summed E-state index contributed by atoms with van der Waals surface area (Å²) >= 11 is 6.04. The van der Waals surface area contributed by atoms with Gasteiger partial charge in [0.2, 0.25) is 0 Å². The van der Waals surface area contributed by atoms with Crippen LogP contribution in [-0.2, 0) is 0 Å². The lowest BCUT2D eigenvalue weighted by Crippen LogP contribution is -2.38. The van der Waals surface area contributed by atoms with Gasteiger partial charge in [-0.25, -0.2) is 4.98 Å². The second-order valence-corrected chi connectivity index (χ2v) is 8.02. The number of carbonyl (C=O) groups excluding carboxylic acids is 1. The molecular weight excluding hydrogens is 372 g/mol. The smallest absolute Gasteiger partial charge is 0.267 e. The minimum absolute atomic E-state index is 0.0671. The summed E-state index contributed by atoms with van der Waals surface area (Å²) in [4.78, 5) is 24.1. The number of fused-ring (bicyclic) bond motifs is 2. The maximum Gasteiger partial charge on any atom is 0.267 e. The zero-order valence-electron chi connectivity index (χ0n) is 15.3. The monoisotopic (exact) mass is 392 g/mol. The molecule has 0 unspecified atom stereocenters. The molecule has 0 spiro atoms. The van der Waals surface area contributed by atoms with Gasteiger partial charge in [-0.3, -0.25) is 4.79 Å². The number of nitrogens with one attached hydrogen (secondary N) is 3. The van der Waals surface area contributed by atoms with Gasteiger partial charge in [0.05, 0.1) is 11.0 Å². The van der Waals surface area contributed by atoms with Crippen LogP contribution in [0.25, 0.3) is 21.9 Å². The SMILES string of the molecule is O=C(N[C@@H]1CCC[C@H](c2nc3ccccc3[nH]2)C1)c1cc2ccc(Cl)cc2[nH]1. The first kappa shape index (κ1) is 17.3. The molecule has 5 nitrogen and oxygen atoms in total. The number of para-hydroxylation sites is 2. The largest absolute Gasteiger partial charge is 0.350 e. The number of nitrogens with zero attached hydrogens (tertiary/aromatic N) is 1. The molecule has 0 saturated heterocycles. The van der Waals surface area contributed by atoms with Crippen LogP contribution in [0.5, 0.6) is 0 Å². The van der Waals surface area contributed by atoms with Crippen molar-refractivity contribution in [2.45, 2.75) is 37.6 Å². The first-order valence-corrected chi connectivity index (χ1v) is 10.1. The topological polar surface area (TPSA) is 73.6 Å². The summed E-state index contributed by atoms with van der Waals surface area (Å²) in [7, 11) is 0. The number of amides is 1. The van der Waals surface area contributed by atoms with E-state index in [1.54, 1.807) is 0 Å². The number of rotatable bonds is 3. The molecule has 4 aromatic rings. The van der Waals surface area contributed by atoms with E-state index < -0.39 is 0 Å². The highest BCUT2D eigenvalue weighted by Gasteiger charge is 2.27. The van der Waals surface area contributed by atoms with Crippen LogP contribution >= 0.6 is 11.6 Å². The maximum absolute atomic E-state index is 12.8. The summed E-state index contributed by atoms with van der Waals surface area (Å²) in [6.45, 7) is 0. The Bertz CT molecular complexity index is 1130. The molecule has 0 radical (unpaired) electrons. The van der Waals surface area contributed by atoms with Gasteiger partial charge in [0, 0.05) is 27.9 Å². The van der Waals surface area contributed by atoms with E-state index in [1.165, 1.54) is 0 Å². The zero-order chi connectivity index (χ0) is 19.1. The maximum atomic E-state index is 12.8. The molecule has 28 heavy (non-hydrogen) atoms. The summed E-state index contributed by atoms with van der Waals surface area (Å²) in [5.41, 5.74) is 3.52. The first-order valence-electron chi connectivity index (χ1n) is 9.69. The summed E-state index contributed by atoms with van der Waals surface area (Å²) in [6, 6.07) is 15.7. The highest BCUT2D eigenvalue weighted by molar-refractivity contribution is 6.31. The van der Waals surface area contributed by atoms with Gasteiger partial charge >= 0.3 is 0 Å². The van der Waals surface area contributed by atoms with Crippen molar-refractivity contribution in [3.8, 4) is 0 Å². The number of benzene rings is 2. The second kappa shape index (κ2) is 6.99. The molecule has 2 aromatic heterocycles. The molecule has 0 aliphatic heterocycles. The third kappa shape index (κ3) is 3.27. The van der Waals surface area contributed by atoms with E-state index >= 15 is 0 Å². The summed E-state index contributed by atoms with van der Waals surface area (Å²) in [5.74, 6) is 1.30. The van der Waals surface area contributed by atoms with Crippen LogP contribution in [0.15, 0.2) is 48.5 Å². The molecule has 1 aliphatic rings. The Balaban J connectivity index is 1.31. The highest BCUT2D eigenvalue weighted by Crippen LogP contribution is 2.32. The lowest BCUT2D eigenvalue weighted by molar-refractivity contribution is 0.0920. The van der Waals surface area contributed by atoms with Crippen molar-refractivity contribution in [3.63, 3.8) is 0 Å². The molecular formula is C22H21ClN4O. The van der Waals surface area contributed by atoms with Gasteiger partial charge in [0.25, 0.3) is 5.91 Å². The van der Waals surface area contributed by atoms with Gasteiger partial charge < -0.3 is 15.3 Å². The Labute approximate surface area is 167 Å². The fraction of sp³-hybridized carbons (Fsp3) is 0.273. The number of H-pyrrole nitrogens is 2. The molecule has 1 amide bonds. The zero-order valence-corrected chi connectivity index (χ0v) is 16.1. The van der Waals surface area contributed by atoms with Crippen molar-refractivity contribution in [1.82, 2.24) is 20.3 Å². The Morgan fingerprint density at radius 2 is 1.96 bits per heavy atom. The molecule has 1 fully saturated rings. The van der Waals surface area contributed by atoms with E-state index in [0.29, 0.717) is 16.6 Å². The second-order valence-electron chi connectivity index (χ2n) is 7.59. The van der Waals surface area contributed by atoms with E-state index in [1.807, 2.05) is 42.5 Å². The molecule has 2 aromatic carbocycles. The minimum atomic E-state index is -0.0671. The molecule has 2 atom stereocenters. The van der Waals surface area contributed by atoms with Gasteiger partial charge in [0.1, 0.15) is 11.5 Å². The highest BCUT2D eigenvalue weighted by atomic mass is 35.5. The van der Waals surface area contributed by atoms with Crippen LogP contribution in [0.3, 0.4) is 0 Å². The van der Waals surface area contributed by atoms with Crippen molar-refractivity contribution in [2.24, 2.45) is 0 Å². The van der Waals surface area contributed by atoms with Crippen molar-refractivity contribution in [3.05, 3.63) is 65.1 Å². The van der Waals surface area contributed by atoms with Crippen molar-refractivity contribution in [2.75, 3.05) is 0 Å². The quantitative estimate of drug-likeness (QED) is 0.451. The number of hydrogen-bond acceptors (Lipinski definition) is 2. The van der Waals surface area contributed by atoms with Crippen molar-refractivity contribution >= 4 is 39.4 Å². The van der Waals surface area contributed by atoms with Crippen LogP contribution < -0.4 is 5.32 Å². The van der Waals surface area contributed by atoms with Gasteiger partial charge in [0.15, 0.2) is 0 Å². The predicted molar refractivity (Wildman–Crippen MR) is 112 cm³/mol. The normalized spacial score (nSPS) is 19.9. The number of carbonyl (C=O) groups is 1. The number of hydrogen-bond donors (Lipinski definition) is 3. The van der Waals surface area contributed by atoms with E-state index in [-0.39, 0.29) is 11.9 Å². The van der Waals surface area contributed by atoms with Gasteiger partial charge in [-0.1, -0.05) is 36.2 Å². The van der Waals surface area contributed by atoms with E-state index in [9.17, 15) is 4.79 Å². The fourth-order valence-electron chi connectivity index (χ4n) is 4.22. The molecule has 5 rings (SSSR count). The summed E-state index contributed by atoms with van der Waals surface area (Å²) in [5, 5.41) is 4.84. The summed E-state index contributed by atoms with van der Waals surface area (Å²) in [6.07, 6.45) is 4.07. The van der Waals surface area contributed by atoms with Crippen molar-refractivity contribution in [1.29, 1.82) is 0 Å². The Hall–Kier alpha value is -2.79. The van der Waals surface area contributed by atoms with Crippen LogP contribution in [0.4, 0.5) is 0 Å². The van der Waals surface area contributed by atoms with Crippen LogP contribution in [0.2, 0.25) is 5.02 Å². The third-order valence-electron chi connectivity index (χ3n) is 5.63. The molecule has 1 saturated carbocycles. The average molecular weight is 393 g/mol. The number of aromatic amines is 2. The molecule has 1 aliphatic carbocycles. The van der Waals surface area contributed by atoms with Crippen molar-refractivity contribution < 1.29 is 4.79 Å². The Kier molecular flexibility index (Phi) is 4.32. The number of halogens is 1. The molecule has 142 valence electrons. The lowest BCUT2D eigenvalue weighted by atomic mass is 9.85. The van der Waals surface area contributed by atoms with Gasteiger partial charge in [-0.2, -0.15) is 0 Å². The van der Waals surface area contributed by atoms with Crippen LogP contribution in [0, 0.1) is 0 Å². The third-order valence-corrected chi connectivity index (χ3v) is 5.87. The number of imidazole rings is 1. The van der Waals surface area contributed by atoms with Crippen LogP contribution in [-0.4, -0.2) is 26.9 Å². The molecule has 0 bridgehead atoms. The standard InChI is InChI=1S/C22H21ClN4O/c23-15-9-8-13-11-20(25-19(13)12-15)22(28)24-16-5-3-4-14(10-16)21-26-17-6-1-2-7-18(17)27-21/h1-2,6-9,11-12,14,16,25H,3-5,10H2,(H,24,28)(H,26,27)/t14-,16+/m0/s1. The lowest BCUT2D eigenvalue weighted by Gasteiger charge is -2.28. The Morgan fingerprint density at radius 1 is 1.07 bits per heavy atom. The van der Waals surface area contributed by atoms with E-state index in [4.69, 9.17) is 16.6 Å². The van der Waals surface area contributed by atoms with Gasteiger partial charge in [-0.15, -0.1) is 0 Å². The number of aromatic nitrogens is 3. The minimum Gasteiger partial charge on any atom is -0.350 e. The van der Waals surface area contributed by atoms with E-state index in [2.05, 4.69) is 21.4 Å². The Morgan fingerprint density at radius 3 is 2.86 bits per heavy atom. The van der Waals surface area contributed by atoms with Crippen LogP contribution in [0.1, 0.15) is 47.9 Å². The molecule has 3 N–H and O–H groups in total. The summed E-state index contributed by atoms with van der Waals surface area (Å²) < 4.78 is 0. The molecule has 6 heteroatoms. The van der Waals surface area contributed by atoms with E-state index in [0.717, 1.165) is 53.4 Å².